The zero-order chi connectivity index (χ0) is 34.2. The topological polar surface area (TPSA) is 38.9 Å². The van der Waals surface area contributed by atoms with E-state index >= 15 is 0 Å². The average molecular weight is 681 g/mol. The van der Waals surface area contributed by atoms with Crippen LogP contribution < -0.4 is 0 Å². The highest BCUT2D eigenvalue weighted by molar-refractivity contribution is 7.26. The molecule has 0 amide bonds. The third-order valence-electron chi connectivity index (χ3n) is 10.3. The molecule has 0 saturated carbocycles. The molecule has 0 spiro atoms. The molecule has 0 atom stereocenters. The minimum absolute atomic E-state index is 0.687. The highest BCUT2D eigenvalue weighted by Crippen LogP contribution is 2.44. The number of fused-ring (bicyclic) bond motifs is 9. The van der Waals surface area contributed by atoms with Crippen molar-refractivity contribution in [3.05, 3.63) is 170 Å². The number of aromatic nitrogens is 2. The molecule has 11 rings (SSSR count). The van der Waals surface area contributed by atoms with E-state index < -0.39 is 0 Å². The second kappa shape index (κ2) is 11.5. The van der Waals surface area contributed by atoms with Gasteiger partial charge in [-0.15, -0.1) is 11.3 Å². The molecule has 242 valence electrons. The molecule has 0 radical (unpaired) electrons. The number of hydrogen-bond donors (Lipinski definition) is 0. The van der Waals surface area contributed by atoms with E-state index in [1.807, 2.05) is 0 Å². The first kappa shape index (κ1) is 29.1. The molecule has 0 fully saturated rings. The number of furan rings is 1. The maximum absolute atomic E-state index is 6.70. The Morgan fingerprint density at radius 1 is 0.442 bits per heavy atom. The lowest BCUT2D eigenvalue weighted by Gasteiger charge is -2.10. The van der Waals surface area contributed by atoms with Gasteiger partial charge in [-0.2, -0.15) is 0 Å². The Morgan fingerprint density at radius 2 is 1.15 bits per heavy atom. The van der Waals surface area contributed by atoms with Gasteiger partial charge < -0.3 is 4.42 Å². The quantitative estimate of drug-likeness (QED) is 0.186. The largest absolute Gasteiger partial charge is 0.455 e. The van der Waals surface area contributed by atoms with E-state index in [4.69, 9.17) is 14.4 Å². The number of thiophene rings is 1. The molecular formula is C48H28N2OS. The third-order valence-corrected chi connectivity index (χ3v) is 11.5. The fraction of sp³-hybridized carbons (Fsp3) is 0. The van der Waals surface area contributed by atoms with Gasteiger partial charge in [0.2, 0.25) is 0 Å². The maximum Gasteiger partial charge on any atom is 0.161 e. The molecule has 8 aromatic carbocycles. The van der Waals surface area contributed by atoms with Crippen LogP contribution in [0.5, 0.6) is 0 Å². The van der Waals surface area contributed by atoms with Crippen LogP contribution in [0.15, 0.2) is 174 Å². The van der Waals surface area contributed by atoms with Crippen molar-refractivity contribution in [1.29, 1.82) is 0 Å². The van der Waals surface area contributed by atoms with E-state index in [1.54, 1.807) is 11.3 Å². The van der Waals surface area contributed by atoms with Crippen LogP contribution in [0.2, 0.25) is 0 Å². The molecule has 11 aromatic rings. The zero-order valence-corrected chi connectivity index (χ0v) is 28.7. The molecule has 0 N–H and O–H groups in total. The van der Waals surface area contributed by atoms with Crippen LogP contribution in [0.25, 0.3) is 109 Å². The minimum atomic E-state index is 0.687. The fourth-order valence-corrected chi connectivity index (χ4v) is 8.94. The first-order valence-corrected chi connectivity index (χ1v) is 18.3. The molecule has 3 nitrogen and oxygen atoms in total. The van der Waals surface area contributed by atoms with Gasteiger partial charge in [0.15, 0.2) is 5.82 Å². The van der Waals surface area contributed by atoms with Gasteiger partial charge in [-0.3, -0.25) is 0 Å². The van der Waals surface area contributed by atoms with Gasteiger partial charge >= 0.3 is 0 Å². The number of hydrogen-bond acceptors (Lipinski definition) is 4. The Kier molecular flexibility index (Phi) is 6.42. The predicted octanol–water partition coefficient (Wildman–Crippen LogP) is 13.7. The molecule has 3 aromatic heterocycles. The van der Waals surface area contributed by atoms with E-state index in [-0.39, 0.29) is 0 Å². The second-order valence-electron chi connectivity index (χ2n) is 13.3. The van der Waals surface area contributed by atoms with Gasteiger partial charge in [-0.05, 0) is 62.7 Å². The monoisotopic (exact) mass is 680 g/mol. The van der Waals surface area contributed by atoms with Crippen LogP contribution in [-0.2, 0) is 0 Å². The Balaban J connectivity index is 1.14. The molecule has 4 heteroatoms. The standard InChI is InChI=1S/C48H28N2OS/c1-2-12-31(13-3-1)39-28-40-43-38(18-10-19-41(43)51-46(40)36-16-7-6-15-35(36)39)48-49-44(47-45(50-48)37-17-8-9-20-42(37)52-47)32-24-21-30(22-25-32)34-26-23-29-11-4-5-14-33(29)27-34/h1-28H. The number of benzene rings is 8. The van der Waals surface area contributed by atoms with Crippen molar-refractivity contribution in [3.63, 3.8) is 0 Å². The van der Waals surface area contributed by atoms with Crippen LogP contribution >= 0.6 is 11.3 Å². The second-order valence-corrected chi connectivity index (χ2v) is 14.4. The number of nitrogens with zero attached hydrogens (tertiary/aromatic N) is 2. The summed E-state index contributed by atoms with van der Waals surface area (Å²) in [5.74, 6) is 0.687. The summed E-state index contributed by atoms with van der Waals surface area (Å²) in [4.78, 5) is 10.8. The summed E-state index contributed by atoms with van der Waals surface area (Å²) >= 11 is 1.75. The van der Waals surface area contributed by atoms with Crippen molar-refractivity contribution in [2.45, 2.75) is 0 Å². The smallest absolute Gasteiger partial charge is 0.161 e. The first-order chi connectivity index (χ1) is 25.8. The highest BCUT2D eigenvalue weighted by Gasteiger charge is 2.21. The first-order valence-electron chi connectivity index (χ1n) is 17.5. The summed E-state index contributed by atoms with van der Waals surface area (Å²) in [5, 5.41) is 7.96. The Hall–Kier alpha value is -6.62. The van der Waals surface area contributed by atoms with Gasteiger partial charge in [0, 0.05) is 37.4 Å². The van der Waals surface area contributed by atoms with Crippen molar-refractivity contribution in [2.75, 3.05) is 0 Å². The van der Waals surface area contributed by atoms with Crippen molar-refractivity contribution in [3.8, 4) is 44.9 Å². The Morgan fingerprint density at radius 3 is 2.02 bits per heavy atom. The van der Waals surface area contributed by atoms with Gasteiger partial charge in [0.25, 0.3) is 0 Å². The molecule has 3 heterocycles. The normalized spacial score (nSPS) is 11.8. The summed E-state index contributed by atoms with van der Waals surface area (Å²) in [6.07, 6.45) is 0. The van der Waals surface area contributed by atoms with Crippen molar-refractivity contribution < 1.29 is 4.42 Å². The van der Waals surface area contributed by atoms with Crippen LogP contribution in [0.4, 0.5) is 0 Å². The summed E-state index contributed by atoms with van der Waals surface area (Å²) < 4.78 is 8.99. The number of rotatable bonds is 4. The average Bonchev–Trinajstić information content (AvgIpc) is 3.79. The summed E-state index contributed by atoms with van der Waals surface area (Å²) in [7, 11) is 0. The van der Waals surface area contributed by atoms with Crippen molar-refractivity contribution >= 4 is 75.1 Å². The van der Waals surface area contributed by atoms with Gasteiger partial charge in [-0.1, -0.05) is 146 Å². The van der Waals surface area contributed by atoms with Crippen LogP contribution in [0.3, 0.4) is 0 Å². The summed E-state index contributed by atoms with van der Waals surface area (Å²) in [5.41, 5.74) is 10.3. The van der Waals surface area contributed by atoms with Crippen LogP contribution in [-0.4, -0.2) is 9.97 Å². The fourth-order valence-electron chi connectivity index (χ4n) is 7.79. The Labute approximate surface area is 303 Å². The zero-order valence-electron chi connectivity index (χ0n) is 27.9. The highest BCUT2D eigenvalue weighted by atomic mass is 32.1. The predicted molar refractivity (Wildman–Crippen MR) is 219 cm³/mol. The molecule has 0 unspecified atom stereocenters. The molecule has 0 aliphatic heterocycles. The lowest BCUT2D eigenvalue weighted by Crippen LogP contribution is -1.94. The molecule has 0 aliphatic carbocycles. The lowest BCUT2D eigenvalue weighted by atomic mass is 9.94. The molecule has 0 saturated heterocycles. The lowest BCUT2D eigenvalue weighted by molar-refractivity contribution is 0.673. The summed E-state index contributed by atoms with van der Waals surface area (Å²) in [6.45, 7) is 0. The van der Waals surface area contributed by atoms with E-state index in [9.17, 15) is 0 Å². The molecule has 0 bridgehead atoms. The molecule has 0 aliphatic rings. The van der Waals surface area contributed by atoms with Gasteiger partial charge in [0.1, 0.15) is 11.2 Å². The Bertz CT molecular complexity index is 3180. The molecule has 52 heavy (non-hydrogen) atoms. The van der Waals surface area contributed by atoms with Gasteiger partial charge in [-0.25, -0.2) is 9.97 Å². The third kappa shape index (κ3) is 4.51. The van der Waals surface area contributed by atoms with E-state index in [1.165, 1.54) is 43.1 Å². The van der Waals surface area contributed by atoms with E-state index in [2.05, 4.69) is 170 Å². The molecular weight excluding hydrogens is 653 g/mol. The minimum Gasteiger partial charge on any atom is -0.455 e. The van der Waals surface area contributed by atoms with Crippen LogP contribution in [0, 0.1) is 0 Å². The van der Waals surface area contributed by atoms with Crippen molar-refractivity contribution in [2.24, 2.45) is 0 Å². The summed E-state index contributed by atoms with van der Waals surface area (Å²) in [6, 6.07) is 60.2. The van der Waals surface area contributed by atoms with Crippen LogP contribution in [0.1, 0.15) is 0 Å². The van der Waals surface area contributed by atoms with E-state index in [0.29, 0.717) is 5.82 Å². The van der Waals surface area contributed by atoms with Gasteiger partial charge in [0.05, 0.1) is 15.9 Å². The SMILES string of the molecule is c1ccc(-c2cc3c(oc4cccc(-c5nc(-c6ccc(-c7ccc8ccccc8c7)cc6)c6sc7ccccc7c6n5)c43)c3ccccc23)cc1. The van der Waals surface area contributed by atoms with E-state index in [0.717, 1.165) is 59.7 Å². The van der Waals surface area contributed by atoms with Crippen molar-refractivity contribution in [1.82, 2.24) is 9.97 Å². The maximum atomic E-state index is 6.70.